The van der Waals surface area contributed by atoms with Crippen molar-refractivity contribution >= 4 is 138 Å². The molecule has 516 valence electrons. The van der Waals surface area contributed by atoms with Crippen molar-refractivity contribution in [1.82, 2.24) is 26.6 Å². The van der Waals surface area contributed by atoms with E-state index in [1.165, 1.54) is 48.5 Å². The number of quaternary nitrogens is 1. The van der Waals surface area contributed by atoms with Crippen LogP contribution in [0, 0.1) is 5.41 Å². The van der Waals surface area contributed by atoms with Crippen LogP contribution in [-0.2, 0) is 67.2 Å². The molecule has 2 aromatic rings. The first kappa shape index (κ1) is 92.8. The minimum atomic E-state index is -3.50. The van der Waals surface area contributed by atoms with Gasteiger partial charge >= 0.3 is 29.9 Å². The minimum absolute atomic E-state index is 0. The second-order valence-corrected chi connectivity index (χ2v) is 27.2. The van der Waals surface area contributed by atoms with Crippen molar-refractivity contribution in [2.75, 3.05) is 78.5 Å². The molecule has 89 heavy (non-hydrogen) atoms. The summed E-state index contributed by atoms with van der Waals surface area (Å²) in [6.45, 7) is 14.5. The number of hydrogen-bond donors (Lipinski definition) is 7. The molecule has 0 aromatic heterocycles. The van der Waals surface area contributed by atoms with Gasteiger partial charge in [-0.3, -0.25) is 14.4 Å². The van der Waals surface area contributed by atoms with Crippen LogP contribution in [0.4, 0.5) is 32.8 Å². The maximum Gasteiger partial charge on any atom is 0.509 e. The number of halogens is 9. The highest BCUT2D eigenvalue weighted by Crippen LogP contribution is 2.27. The molecule has 0 heterocycles. The van der Waals surface area contributed by atoms with Crippen LogP contribution in [0.3, 0.4) is 0 Å². The highest BCUT2D eigenvalue weighted by molar-refractivity contribution is 7.91. The molecule has 26 nitrogen and oxygen atoms in total. The zero-order valence-corrected chi connectivity index (χ0v) is 57.0. The molecule has 0 unspecified atom stereocenters. The van der Waals surface area contributed by atoms with Crippen LogP contribution >= 0.6 is 70.4 Å². The van der Waals surface area contributed by atoms with Gasteiger partial charge in [0.25, 0.3) is 11.8 Å². The lowest BCUT2D eigenvalue weighted by atomic mass is 9.92. The van der Waals surface area contributed by atoms with E-state index in [1.54, 1.807) is 41.5 Å². The molecule has 0 fully saturated rings. The third-order valence-electron chi connectivity index (χ3n) is 9.30. The molecule has 9 N–H and O–H groups in total. The fraction of sp³-hybridized carbons (Fsp3) is 0.615. The van der Waals surface area contributed by atoms with E-state index in [-0.39, 0.29) is 117 Å². The number of carbonyl (C=O) groups is 8. The monoisotopic (exact) mass is 1460 g/mol. The molecule has 0 aliphatic rings. The van der Waals surface area contributed by atoms with Crippen molar-refractivity contribution in [1.29, 1.82) is 0 Å². The molecule has 2 aromatic carbocycles. The Labute approximate surface area is 555 Å². The Morgan fingerprint density at radius 3 is 1.21 bits per heavy atom. The normalized spacial score (nSPS) is 12.4. The predicted octanol–water partition coefficient (Wildman–Crippen LogP) is 4.33. The van der Waals surface area contributed by atoms with Gasteiger partial charge in [-0.1, -0.05) is 98.9 Å². The minimum Gasteiger partial charge on any atom is -1.00 e. The first-order chi connectivity index (χ1) is 39.5. The van der Waals surface area contributed by atoms with Gasteiger partial charge in [0, 0.05) is 37.1 Å². The van der Waals surface area contributed by atoms with Crippen molar-refractivity contribution < 1.29 is 120 Å². The average molecular weight is 1460 g/mol. The molecular weight excluding hydrogens is 1380 g/mol. The fourth-order valence-electron chi connectivity index (χ4n) is 5.83. The standard InChI is InChI=1S/C21H29Cl2FN2O7S.C15H19Cl2FN2O6S.C8H14ClNO4.C7H15NO3.CH4.2ClH/c1-21(2,3)11-16(27)25-9-10-32-20(29)33-17(15(12-24)26-19(28)18(22)23)13-5-7-14(8-6-13)34(4,30)31;1-27(23,24)10-4-2-9(3-5-10)12(26-15(22)25-7-6-19)11(8-18)20-14(21)13(16)17;1-8(2,3)14-7(12)10-4-5-13-6(9)11;1-7(2,3)11-6(10)8-4-5-9;;;/h5-8,15,17-18H,9-12H2,1-4H3,(H,25,27)(H,26,28);2-5,11-13H,6-8,19H2,1H3,(H,20,21);4-5H2,1-3H3,(H,10,12);9H,4-5H2,1-3H3,(H,8,10);1H4;2*1H/t15-,17-;11-,12-;;;;;/m11...../s1. The van der Waals surface area contributed by atoms with Gasteiger partial charge in [-0.25, -0.2) is 49.6 Å². The molecule has 2 rings (SSSR count). The van der Waals surface area contributed by atoms with Crippen molar-refractivity contribution in [3.8, 4) is 0 Å². The van der Waals surface area contributed by atoms with Crippen molar-refractivity contribution in [2.24, 2.45) is 5.41 Å². The molecule has 0 saturated carbocycles. The summed E-state index contributed by atoms with van der Waals surface area (Å²) in [5.74, 6) is -2.01. The molecule has 4 atom stereocenters. The molecule has 0 bridgehead atoms. The summed E-state index contributed by atoms with van der Waals surface area (Å²) in [6.07, 6.45) is -3.72. The molecule has 0 spiro atoms. The number of alkyl carbamates (subject to hydrolysis) is 2. The molecular formula is C52H83Cl7F2N6O20S2. The van der Waals surface area contributed by atoms with Gasteiger partial charge < -0.3 is 83.0 Å². The van der Waals surface area contributed by atoms with Gasteiger partial charge in [0.2, 0.25) is 5.91 Å². The van der Waals surface area contributed by atoms with Crippen LogP contribution in [0.5, 0.6) is 0 Å². The molecule has 0 radical (unpaired) electrons. The van der Waals surface area contributed by atoms with E-state index >= 15 is 0 Å². The van der Waals surface area contributed by atoms with E-state index < -0.39 is 120 Å². The summed E-state index contributed by atoms with van der Waals surface area (Å²) in [5, 5.41) is 20.2. The number of nitrogens with one attached hydrogen (secondary N) is 5. The largest absolute Gasteiger partial charge is 1.00 e. The number of amides is 5. The van der Waals surface area contributed by atoms with Crippen LogP contribution in [0.25, 0.3) is 0 Å². The van der Waals surface area contributed by atoms with E-state index in [1.807, 2.05) is 20.8 Å². The van der Waals surface area contributed by atoms with Crippen LogP contribution in [-0.4, -0.2) is 181 Å². The van der Waals surface area contributed by atoms with Crippen molar-refractivity contribution in [2.45, 2.75) is 131 Å². The second-order valence-electron chi connectivity index (χ2n) is 20.7. The number of aliphatic hydroxyl groups excluding tert-OH is 1. The van der Waals surface area contributed by atoms with Crippen LogP contribution in [0.2, 0.25) is 0 Å². The number of carbonyl (C=O) groups excluding carboxylic acids is 8. The lowest BCUT2D eigenvalue weighted by Gasteiger charge is -2.26. The van der Waals surface area contributed by atoms with Gasteiger partial charge in [-0.15, -0.1) is 12.4 Å². The van der Waals surface area contributed by atoms with E-state index in [9.17, 15) is 64.0 Å². The number of aliphatic hydroxyl groups is 1. The Morgan fingerprint density at radius 1 is 0.584 bits per heavy atom. The van der Waals surface area contributed by atoms with Crippen molar-refractivity contribution in [3.63, 3.8) is 0 Å². The first-order valence-corrected chi connectivity index (χ1v) is 31.4. The molecule has 5 amide bonds. The second kappa shape index (κ2) is 46.2. The highest BCUT2D eigenvalue weighted by atomic mass is 35.5. The van der Waals surface area contributed by atoms with Gasteiger partial charge in [0.05, 0.1) is 41.6 Å². The maximum absolute atomic E-state index is 13.8. The summed E-state index contributed by atoms with van der Waals surface area (Å²) in [5.41, 5.74) is 1.81. The van der Waals surface area contributed by atoms with E-state index in [0.717, 1.165) is 12.5 Å². The summed E-state index contributed by atoms with van der Waals surface area (Å²) in [6, 6.07) is 7.62. The summed E-state index contributed by atoms with van der Waals surface area (Å²) in [7, 11) is -6.96. The quantitative estimate of drug-likeness (QED) is 0.0239. The Morgan fingerprint density at radius 2 is 0.921 bits per heavy atom. The highest BCUT2D eigenvalue weighted by Gasteiger charge is 2.33. The fourth-order valence-corrected chi connectivity index (χ4v) is 7.42. The number of ether oxygens (including phenoxy) is 7. The van der Waals surface area contributed by atoms with Crippen molar-refractivity contribution in [3.05, 3.63) is 59.7 Å². The average Bonchev–Trinajstić information content (AvgIpc) is 3.46. The zero-order valence-electron chi connectivity index (χ0n) is 50.0. The number of hydrogen-bond acceptors (Lipinski definition) is 20. The summed E-state index contributed by atoms with van der Waals surface area (Å²) < 4.78 is 108. The van der Waals surface area contributed by atoms with E-state index in [4.69, 9.17) is 91.5 Å². The van der Waals surface area contributed by atoms with E-state index in [2.05, 4.69) is 37.1 Å². The number of rotatable bonds is 25. The van der Waals surface area contributed by atoms with Crippen LogP contribution in [0.15, 0.2) is 58.3 Å². The van der Waals surface area contributed by atoms with Gasteiger partial charge in [0.1, 0.15) is 50.9 Å². The summed E-state index contributed by atoms with van der Waals surface area (Å²) in [4.78, 5) is 88.3. The molecule has 0 aliphatic carbocycles. The Balaban J connectivity index is -0.000000379. The molecule has 0 saturated heterocycles. The Hall–Kier alpha value is -4.89. The van der Waals surface area contributed by atoms with Gasteiger partial charge in [0.15, 0.2) is 41.6 Å². The number of alkyl halides is 6. The van der Waals surface area contributed by atoms with Gasteiger partial charge in [-0.2, -0.15) is 0 Å². The van der Waals surface area contributed by atoms with Crippen LogP contribution in [0.1, 0.15) is 99.5 Å². The maximum atomic E-state index is 13.8. The summed E-state index contributed by atoms with van der Waals surface area (Å²) >= 11 is 26.8. The lowest BCUT2D eigenvalue weighted by Crippen LogP contribution is -3.00. The van der Waals surface area contributed by atoms with E-state index in [0.29, 0.717) is 6.54 Å². The number of benzene rings is 2. The van der Waals surface area contributed by atoms with Gasteiger partial charge in [-0.05, 0) is 82.3 Å². The first-order valence-electron chi connectivity index (χ1n) is 25.5. The molecule has 0 aliphatic heterocycles. The van der Waals surface area contributed by atoms with Crippen LogP contribution < -0.4 is 44.7 Å². The SMILES string of the molecule is C.CC(C)(C)CC(=O)NCCOC(=O)O[C@H](c1ccc(S(C)(=O)=O)cc1)[C@@H](CF)NC(=O)C(Cl)Cl.CC(C)(C)OC(=O)NCCO.CC(C)(C)OC(=O)NCCOC(=O)Cl.CS(=O)(=O)c1ccc([C@@H](OC(=O)OCC[NH3+])[C@@H](CF)NC(=O)C(Cl)Cl)cc1.Cl.[Cl-]. The third kappa shape index (κ3) is 46.8. The molecule has 37 heteroatoms. The Bertz CT molecular complexity index is 2680. The lowest BCUT2D eigenvalue weighted by molar-refractivity contribution is -0.372. The number of sulfone groups is 2. The third-order valence-corrected chi connectivity index (χ3v) is 12.5. The predicted molar refractivity (Wildman–Crippen MR) is 328 cm³/mol. The zero-order chi connectivity index (χ0) is 66.8. The smallest absolute Gasteiger partial charge is 0.509 e. The Kier molecular flexibility index (Phi) is 48.2. The topological polar surface area (TPSA) is 377 Å².